The fourth-order valence-corrected chi connectivity index (χ4v) is 1.93. The maximum atomic E-state index is 11.1. The molecule has 0 saturated heterocycles. The molecule has 0 bridgehead atoms. The van der Waals surface area contributed by atoms with Gasteiger partial charge in [-0.2, -0.15) is 0 Å². The Balaban J connectivity index is 2.31. The summed E-state index contributed by atoms with van der Waals surface area (Å²) in [7, 11) is 0. The van der Waals surface area contributed by atoms with Crippen molar-refractivity contribution in [2.45, 2.75) is 6.92 Å². The summed E-state index contributed by atoms with van der Waals surface area (Å²) in [5, 5.41) is 14.5. The number of oxime groups is 1. The summed E-state index contributed by atoms with van der Waals surface area (Å²) in [4.78, 5) is 25.5. The Bertz CT molecular complexity index is 723. The monoisotopic (exact) mass is 352 g/mol. The summed E-state index contributed by atoms with van der Waals surface area (Å²) >= 11 is 3.19. The quantitative estimate of drug-likeness (QED) is 0.363. The number of carbonyl (C=O) groups is 1. The van der Waals surface area contributed by atoms with Crippen LogP contribution in [0.3, 0.4) is 0 Å². The van der Waals surface area contributed by atoms with Gasteiger partial charge in [0.2, 0.25) is 0 Å². The molecule has 1 aromatic carbocycles. The van der Waals surface area contributed by atoms with E-state index in [-0.39, 0.29) is 5.69 Å². The molecule has 0 aliphatic rings. The molecule has 0 aliphatic heterocycles. The maximum Gasteiger partial charge on any atom is 0.331 e. The average Bonchev–Trinajstić information content (AvgIpc) is 2.86. The van der Waals surface area contributed by atoms with E-state index in [1.807, 2.05) is 0 Å². The Kier molecular flexibility index (Phi) is 4.49. The molecule has 0 aliphatic carbocycles. The maximum absolute atomic E-state index is 11.1. The number of halogens is 1. The Morgan fingerprint density at radius 3 is 2.86 bits per heavy atom. The highest BCUT2D eigenvalue weighted by atomic mass is 79.9. The second-order valence-electron chi connectivity index (χ2n) is 3.94. The smallest absolute Gasteiger partial charge is 0.331 e. The molecule has 0 amide bonds. The van der Waals surface area contributed by atoms with E-state index in [1.165, 1.54) is 19.2 Å². The van der Waals surface area contributed by atoms with E-state index in [4.69, 9.17) is 4.42 Å². The molecule has 8 heteroatoms. The van der Waals surface area contributed by atoms with Crippen molar-refractivity contribution in [1.29, 1.82) is 0 Å². The van der Waals surface area contributed by atoms with Gasteiger partial charge in [0, 0.05) is 17.5 Å². The lowest BCUT2D eigenvalue weighted by Crippen LogP contribution is -1.91. The molecule has 0 radical (unpaired) electrons. The Morgan fingerprint density at radius 1 is 1.43 bits per heavy atom. The van der Waals surface area contributed by atoms with E-state index in [0.29, 0.717) is 21.6 Å². The van der Waals surface area contributed by atoms with Crippen molar-refractivity contribution in [3.05, 3.63) is 50.7 Å². The second-order valence-corrected chi connectivity index (χ2v) is 4.85. The fraction of sp³-hybridized carbons (Fsp3) is 0.0769. The lowest BCUT2D eigenvalue weighted by molar-refractivity contribution is -0.384. The van der Waals surface area contributed by atoms with E-state index in [1.54, 1.807) is 24.3 Å². The third-order valence-electron chi connectivity index (χ3n) is 2.41. The van der Waals surface area contributed by atoms with Crippen molar-refractivity contribution < 1.29 is 19.0 Å². The molecule has 21 heavy (non-hydrogen) atoms. The van der Waals surface area contributed by atoms with Crippen LogP contribution in [0.1, 0.15) is 12.7 Å². The number of benzene rings is 1. The van der Waals surface area contributed by atoms with E-state index < -0.39 is 10.9 Å². The molecular formula is C13H9BrN2O5. The molecular weight excluding hydrogens is 344 g/mol. The third-order valence-corrected chi connectivity index (χ3v) is 2.90. The number of hydrogen-bond acceptors (Lipinski definition) is 6. The highest BCUT2D eigenvalue weighted by Crippen LogP contribution is 2.33. The van der Waals surface area contributed by atoms with Crippen molar-refractivity contribution in [1.82, 2.24) is 0 Å². The Morgan fingerprint density at radius 2 is 2.19 bits per heavy atom. The van der Waals surface area contributed by atoms with Gasteiger partial charge >= 0.3 is 5.97 Å². The SMILES string of the molecule is CC(=O)O/N=C/c1ccc(-c2ccc(Br)cc2[N+](=O)[O-])o1. The topological polar surface area (TPSA) is 94.9 Å². The summed E-state index contributed by atoms with van der Waals surface area (Å²) in [5.41, 5.74) is 0.262. The van der Waals surface area contributed by atoms with Gasteiger partial charge in [0.15, 0.2) is 0 Å². The molecule has 0 spiro atoms. The first-order valence-corrected chi connectivity index (χ1v) is 6.52. The minimum atomic E-state index is -0.554. The molecule has 1 aromatic heterocycles. The van der Waals surface area contributed by atoms with Gasteiger partial charge in [0.25, 0.3) is 5.69 Å². The van der Waals surface area contributed by atoms with Gasteiger partial charge in [-0.1, -0.05) is 21.1 Å². The zero-order chi connectivity index (χ0) is 15.4. The molecule has 0 atom stereocenters. The molecule has 1 heterocycles. The van der Waals surface area contributed by atoms with Crippen LogP contribution < -0.4 is 0 Å². The number of rotatable bonds is 4. The molecule has 0 saturated carbocycles. The second kappa shape index (κ2) is 6.31. The van der Waals surface area contributed by atoms with Crippen molar-refractivity contribution in [3.63, 3.8) is 0 Å². The van der Waals surface area contributed by atoms with Gasteiger partial charge in [-0.3, -0.25) is 10.1 Å². The van der Waals surface area contributed by atoms with Gasteiger partial charge in [-0.15, -0.1) is 0 Å². The summed E-state index contributed by atoms with van der Waals surface area (Å²) in [5.74, 6) is 0.0727. The molecule has 0 N–H and O–H groups in total. The van der Waals surface area contributed by atoms with Crippen LogP contribution in [0.5, 0.6) is 0 Å². The minimum Gasteiger partial charge on any atom is -0.455 e. The molecule has 108 valence electrons. The van der Waals surface area contributed by atoms with E-state index >= 15 is 0 Å². The molecule has 2 rings (SSSR count). The highest BCUT2D eigenvalue weighted by Gasteiger charge is 2.18. The van der Waals surface area contributed by atoms with E-state index in [9.17, 15) is 14.9 Å². The summed E-state index contributed by atoms with van der Waals surface area (Å²) in [6.45, 7) is 1.22. The number of nitro groups is 1. The first kappa shape index (κ1) is 14.9. The molecule has 7 nitrogen and oxygen atoms in total. The number of nitrogens with zero attached hydrogens (tertiary/aromatic N) is 2. The average molecular weight is 353 g/mol. The first-order chi connectivity index (χ1) is 9.97. The fourth-order valence-electron chi connectivity index (χ4n) is 1.58. The largest absolute Gasteiger partial charge is 0.455 e. The predicted octanol–water partition coefficient (Wildman–Crippen LogP) is 3.51. The highest BCUT2D eigenvalue weighted by molar-refractivity contribution is 9.10. The van der Waals surface area contributed by atoms with Gasteiger partial charge in [-0.25, -0.2) is 4.79 Å². The van der Waals surface area contributed by atoms with Gasteiger partial charge in [0.05, 0.1) is 10.5 Å². The minimum absolute atomic E-state index is 0.0813. The van der Waals surface area contributed by atoms with Crippen LogP contribution >= 0.6 is 15.9 Å². The summed E-state index contributed by atoms with van der Waals surface area (Å²) in [6, 6.07) is 7.79. The van der Waals surface area contributed by atoms with Crippen molar-refractivity contribution >= 4 is 33.8 Å². The van der Waals surface area contributed by atoms with Crippen molar-refractivity contribution in [2.75, 3.05) is 0 Å². The zero-order valence-electron chi connectivity index (χ0n) is 10.8. The molecule has 2 aromatic rings. The van der Waals surface area contributed by atoms with Crippen LogP contribution in [-0.4, -0.2) is 17.1 Å². The van der Waals surface area contributed by atoms with Gasteiger partial charge in [0.1, 0.15) is 17.7 Å². The van der Waals surface area contributed by atoms with Crippen LogP contribution in [0.25, 0.3) is 11.3 Å². The van der Waals surface area contributed by atoms with Crippen LogP contribution in [0, 0.1) is 10.1 Å². The van der Waals surface area contributed by atoms with Crippen LogP contribution in [0.15, 0.2) is 44.4 Å². The first-order valence-electron chi connectivity index (χ1n) is 5.72. The van der Waals surface area contributed by atoms with E-state index in [0.717, 1.165) is 0 Å². The Labute approximate surface area is 127 Å². The summed E-state index contributed by atoms with van der Waals surface area (Å²) < 4.78 is 6.02. The van der Waals surface area contributed by atoms with Gasteiger partial charge in [-0.05, 0) is 24.3 Å². The normalized spacial score (nSPS) is 10.8. The van der Waals surface area contributed by atoms with Crippen molar-refractivity contribution in [2.24, 2.45) is 5.16 Å². The molecule has 0 unspecified atom stereocenters. The van der Waals surface area contributed by atoms with Crippen LogP contribution in [0.2, 0.25) is 0 Å². The number of nitro benzene ring substituents is 1. The van der Waals surface area contributed by atoms with E-state index in [2.05, 4.69) is 25.9 Å². The predicted molar refractivity (Wildman–Crippen MR) is 77.9 cm³/mol. The lowest BCUT2D eigenvalue weighted by Gasteiger charge is -2.00. The zero-order valence-corrected chi connectivity index (χ0v) is 12.4. The molecule has 0 fully saturated rings. The van der Waals surface area contributed by atoms with Crippen LogP contribution in [-0.2, 0) is 9.63 Å². The number of furan rings is 1. The Hall–Kier alpha value is -2.48. The number of hydrogen-bond donors (Lipinski definition) is 0. The van der Waals surface area contributed by atoms with Gasteiger partial charge < -0.3 is 9.25 Å². The lowest BCUT2D eigenvalue weighted by atomic mass is 10.1. The number of carbonyl (C=O) groups excluding carboxylic acids is 1. The van der Waals surface area contributed by atoms with Crippen molar-refractivity contribution in [3.8, 4) is 11.3 Å². The van der Waals surface area contributed by atoms with Crippen LogP contribution in [0.4, 0.5) is 5.69 Å². The standard InChI is InChI=1S/C13H9BrN2O5/c1-8(17)21-15-7-10-3-5-13(20-10)11-4-2-9(14)6-12(11)16(18)19/h2-7H,1H3/b15-7+. The summed E-state index contributed by atoms with van der Waals surface area (Å²) in [6.07, 6.45) is 1.20. The third kappa shape index (κ3) is 3.76.